The molecule has 0 N–H and O–H groups in total. The fraction of sp³-hybridized carbons (Fsp3) is 0.435. The highest BCUT2D eigenvalue weighted by atomic mass is 16.5. The van der Waals surface area contributed by atoms with Gasteiger partial charge in [-0.2, -0.15) is 0 Å². The number of ether oxygens (including phenoxy) is 2. The van der Waals surface area contributed by atoms with E-state index in [2.05, 4.69) is 36.1 Å². The van der Waals surface area contributed by atoms with E-state index < -0.39 is 0 Å². The van der Waals surface area contributed by atoms with Crippen LogP contribution < -0.4 is 9.47 Å². The molecule has 3 rings (SSSR count). The van der Waals surface area contributed by atoms with Crippen LogP contribution in [0.25, 0.3) is 0 Å². The first-order valence-electron chi connectivity index (χ1n) is 9.73. The van der Waals surface area contributed by atoms with Crippen LogP contribution >= 0.6 is 0 Å². The highest BCUT2D eigenvalue weighted by molar-refractivity contribution is 5.77. The smallest absolute Gasteiger partial charge is 0.223 e. The quantitative estimate of drug-likeness (QED) is 0.707. The minimum absolute atomic E-state index is 0.222. The summed E-state index contributed by atoms with van der Waals surface area (Å²) in [6, 6.07) is 14.6. The van der Waals surface area contributed by atoms with Crippen LogP contribution in [0.4, 0.5) is 0 Å². The maximum atomic E-state index is 13.0. The third-order valence-corrected chi connectivity index (χ3v) is 5.31. The number of fused-ring (bicyclic) bond motifs is 1. The summed E-state index contributed by atoms with van der Waals surface area (Å²) >= 11 is 0. The summed E-state index contributed by atoms with van der Waals surface area (Å²) in [5.41, 5.74) is 3.73. The molecule has 4 heteroatoms. The van der Waals surface area contributed by atoms with Crippen molar-refractivity contribution < 1.29 is 14.3 Å². The van der Waals surface area contributed by atoms with Crippen molar-refractivity contribution in [2.24, 2.45) is 0 Å². The lowest BCUT2D eigenvalue weighted by Gasteiger charge is -2.29. The van der Waals surface area contributed by atoms with Crippen LogP contribution in [0.15, 0.2) is 42.5 Å². The lowest BCUT2D eigenvalue weighted by molar-refractivity contribution is -0.133. The molecule has 0 atom stereocenters. The summed E-state index contributed by atoms with van der Waals surface area (Å²) in [5.74, 6) is 1.76. The summed E-state index contributed by atoms with van der Waals surface area (Å²) < 4.78 is 10.9. The number of methoxy groups -OCH3 is 2. The van der Waals surface area contributed by atoms with Gasteiger partial charge < -0.3 is 14.4 Å². The van der Waals surface area contributed by atoms with Crippen LogP contribution in [-0.4, -0.2) is 37.6 Å². The highest BCUT2D eigenvalue weighted by Gasteiger charge is 2.30. The number of aryl methyl sites for hydroxylation is 1. The number of hydrogen-bond donors (Lipinski definition) is 0. The number of carbonyl (C=O) groups excluding carboxylic acids is 1. The zero-order chi connectivity index (χ0) is 19.2. The first-order chi connectivity index (χ1) is 13.2. The molecule has 0 heterocycles. The van der Waals surface area contributed by atoms with Crippen molar-refractivity contribution in [1.82, 2.24) is 4.90 Å². The van der Waals surface area contributed by atoms with E-state index in [9.17, 15) is 4.79 Å². The Morgan fingerprint density at radius 3 is 2.15 bits per heavy atom. The predicted molar refractivity (Wildman–Crippen MR) is 108 cm³/mol. The lowest BCUT2D eigenvalue weighted by atomic mass is 10.1. The summed E-state index contributed by atoms with van der Waals surface area (Å²) in [6.45, 7) is 2.94. The maximum Gasteiger partial charge on any atom is 0.223 e. The third-order valence-electron chi connectivity index (χ3n) is 5.31. The van der Waals surface area contributed by atoms with Crippen LogP contribution in [0.1, 0.15) is 36.5 Å². The molecule has 4 nitrogen and oxygen atoms in total. The molecular formula is C23H29NO3. The monoisotopic (exact) mass is 367 g/mol. The van der Waals surface area contributed by atoms with Gasteiger partial charge in [-0.25, -0.2) is 0 Å². The lowest BCUT2D eigenvalue weighted by Crippen LogP contribution is -2.41. The van der Waals surface area contributed by atoms with Gasteiger partial charge in [0.1, 0.15) is 0 Å². The SMILES string of the molecule is CCCN(C(=O)CCc1ccccc1)C1Cc2cc(OC)c(OC)cc2C1. The minimum Gasteiger partial charge on any atom is -0.493 e. The number of hydrogen-bond acceptors (Lipinski definition) is 3. The second kappa shape index (κ2) is 8.94. The molecule has 1 aliphatic rings. The normalized spacial score (nSPS) is 13.3. The van der Waals surface area contributed by atoms with Gasteiger partial charge in [-0.1, -0.05) is 37.3 Å². The van der Waals surface area contributed by atoms with E-state index in [0.29, 0.717) is 6.42 Å². The summed E-state index contributed by atoms with van der Waals surface area (Å²) in [5, 5.41) is 0. The second-order valence-corrected chi connectivity index (χ2v) is 7.11. The zero-order valence-corrected chi connectivity index (χ0v) is 16.5. The van der Waals surface area contributed by atoms with Gasteiger partial charge in [-0.15, -0.1) is 0 Å². The first kappa shape index (κ1) is 19.3. The second-order valence-electron chi connectivity index (χ2n) is 7.11. The molecule has 0 aliphatic heterocycles. The molecule has 1 amide bonds. The van der Waals surface area contributed by atoms with Gasteiger partial charge in [-0.05, 0) is 54.5 Å². The van der Waals surface area contributed by atoms with Crippen LogP contribution in [-0.2, 0) is 24.1 Å². The Hall–Kier alpha value is -2.49. The van der Waals surface area contributed by atoms with Gasteiger partial charge in [0.15, 0.2) is 11.5 Å². The topological polar surface area (TPSA) is 38.8 Å². The van der Waals surface area contributed by atoms with E-state index in [1.807, 2.05) is 18.2 Å². The number of rotatable bonds is 8. The number of carbonyl (C=O) groups is 1. The van der Waals surface area contributed by atoms with Crippen molar-refractivity contribution in [3.8, 4) is 11.5 Å². The van der Waals surface area contributed by atoms with Gasteiger partial charge in [0, 0.05) is 19.0 Å². The van der Waals surface area contributed by atoms with Crippen molar-refractivity contribution in [2.45, 2.75) is 45.1 Å². The average molecular weight is 367 g/mol. The number of nitrogens with zero attached hydrogens (tertiary/aromatic N) is 1. The van der Waals surface area contributed by atoms with E-state index in [1.54, 1.807) is 14.2 Å². The fourth-order valence-electron chi connectivity index (χ4n) is 3.93. The van der Waals surface area contributed by atoms with E-state index in [1.165, 1.54) is 16.7 Å². The van der Waals surface area contributed by atoms with Crippen molar-refractivity contribution in [2.75, 3.05) is 20.8 Å². The summed E-state index contributed by atoms with van der Waals surface area (Å²) in [4.78, 5) is 15.1. The first-order valence-corrected chi connectivity index (χ1v) is 9.73. The Bertz CT molecular complexity index is 740. The van der Waals surface area contributed by atoms with Gasteiger partial charge >= 0.3 is 0 Å². The Morgan fingerprint density at radius 1 is 1.04 bits per heavy atom. The molecule has 0 spiro atoms. The molecule has 0 aromatic heterocycles. The number of benzene rings is 2. The molecule has 27 heavy (non-hydrogen) atoms. The van der Waals surface area contributed by atoms with Crippen molar-refractivity contribution >= 4 is 5.91 Å². The van der Waals surface area contributed by atoms with Crippen LogP contribution in [0.3, 0.4) is 0 Å². The Kier molecular flexibility index (Phi) is 6.38. The van der Waals surface area contributed by atoms with E-state index in [-0.39, 0.29) is 11.9 Å². The van der Waals surface area contributed by atoms with Crippen molar-refractivity contribution in [3.63, 3.8) is 0 Å². The third kappa shape index (κ3) is 4.44. The Balaban J connectivity index is 1.70. The molecule has 0 saturated heterocycles. The van der Waals surface area contributed by atoms with Gasteiger partial charge in [-0.3, -0.25) is 4.79 Å². The summed E-state index contributed by atoms with van der Waals surface area (Å²) in [7, 11) is 3.32. The molecule has 1 aliphatic carbocycles. The van der Waals surface area contributed by atoms with Crippen LogP contribution in [0, 0.1) is 0 Å². The highest BCUT2D eigenvalue weighted by Crippen LogP contribution is 2.36. The Morgan fingerprint density at radius 2 is 1.63 bits per heavy atom. The predicted octanol–water partition coefficient (Wildman–Crippen LogP) is 4.04. The van der Waals surface area contributed by atoms with E-state index in [0.717, 1.165) is 43.7 Å². The number of amides is 1. The molecule has 0 fully saturated rings. The molecule has 2 aromatic carbocycles. The van der Waals surface area contributed by atoms with E-state index in [4.69, 9.17) is 9.47 Å². The van der Waals surface area contributed by atoms with Gasteiger partial charge in [0.25, 0.3) is 0 Å². The van der Waals surface area contributed by atoms with Crippen molar-refractivity contribution in [3.05, 3.63) is 59.2 Å². The maximum absolute atomic E-state index is 13.0. The molecule has 0 radical (unpaired) electrons. The minimum atomic E-state index is 0.222. The molecule has 0 saturated carbocycles. The average Bonchev–Trinajstić information content (AvgIpc) is 3.12. The zero-order valence-electron chi connectivity index (χ0n) is 16.5. The van der Waals surface area contributed by atoms with Crippen molar-refractivity contribution in [1.29, 1.82) is 0 Å². The van der Waals surface area contributed by atoms with Gasteiger partial charge in [0.05, 0.1) is 14.2 Å². The van der Waals surface area contributed by atoms with Crippen LogP contribution in [0.2, 0.25) is 0 Å². The largest absolute Gasteiger partial charge is 0.493 e. The molecule has 2 aromatic rings. The molecular weight excluding hydrogens is 338 g/mol. The molecule has 0 unspecified atom stereocenters. The molecule has 0 bridgehead atoms. The standard InChI is InChI=1S/C23H29NO3/c1-4-12-24(23(25)11-10-17-8-6-5-7-9-17)20-13-18-15-21(26-2)22(27-3)16-19(18)14-20/h5-9,15-16,20H,4,10-14H2,1-3H3. The summed E-state index contributed by atoms with van der Waals surface area (Å²) in [6.07, 6.45) is 4.08. The molecule has 144 valence electrons. The van der Waals surface area contributed by atoms with Gasteiger partial charge in [0.2, 0.25) is 5.91 Å². The fourth-order valence-corrected chi connectivity index (χ4v) is 3.93. The Labute approximate surface area is 162 Å². The van der Waals surface area contributed by atoms with E-state index >= 15 is 0 Å². The van der Waals surface area contributed by atoms with Crippen LogP contribution in [0.5, 0.6) is 11.5 Å².